The Kier molecular flexibility index (Phi) is 4.72. The third kappa shape index (κ3) is 3.12. The number of nitrogens with two attached hydrogens (primary N) is 1. The molecule has 4 N–H and O–H groups in total. The minimum absolute atomic E-state index is 0.512. The van der Waals surface area contributed by atoms with Crippen molar-refractivity contribution in [2.75, 3.05) is 11.9 Å². The van der Waals surface area contributed by atoms with Gasteiger partial charge in [0, 0.05) is 38.3 Å². The predicted molar refractivity (Wildman–Crippen MR) is 113 cm³/mol. The zero-order chi connectivity index (χ0) is 18.3. The van der Waals surface area contributed by atoms with Crippen LogP contribution in [-0.2, 0) is 6.42 Å². The summed E-state index contributed by atoms with van der Waals surface area (Å²) in [6, 6.07) is 15.5. The van der Waals surface area contributed by atoms with Gasteiger partial charge >= 0.3 is 0 Å². The smallest absolute Gasteiger partial charge is 0.0612 e. The summed E-state index contributed by atoms with van der Waals surface area (Å²) in [4.78, 5) is 3.50. The fourth-order valence-electron chi connectivity index (χ4n) is 3.25. The monoisotopic (exact) mass is 403 g/mol. The van der Waals surface area contributed by atoms with Crippen LogP contribution in [0.4, 0.5) is 11.4 Å². The van der Waals surface area contributed by atoms with E-state index < -0.39 is 0 Å². The van der Waals surface area contributed by atoms with E-state index in [9.17, 15) is 0 Å². The van der Waals surface area contributed by atoms with E-state index in [0.29, 0.717) is 16.6 Å². The Balaban J connectivity index is 1.87. The quantitative estimate of drug-likeness (QED) is 0.362. The lowest BCUT2D eigenvalue weighted by molar-refractivity contribution is 0.976. The highest BCUT2D eigenvalue weighted by atomic mass is 35.5. The maximum Gasteiger partial charge on any atom is 0.0612 e. The van der Waals surface area contributed by atoms with E-state index in [-0.39, 0.29) is 0 Å². The largest absolute Gasteiger partial charge is 0.355 e. The van der Waals surface area contributed by atoms with Gasteiger partial charge in [-0.1, -0.05) is 40.9 Å². The number of aromatic amines is 1. The fraction of sp³-hybridized carbons (Fsp3) is 0.100. The molecular weight excluding hydrogens is 389 g/mol. The molecule has 0 saturated heterocycles. The molecule has 0 spiro atoms. The van der Waals surface area contributed by atoms with Crippen LogP contribution in [0.2, 0.25) is 15.1 Å². The van der Waals surface area contributed by atoms with Crippen LogP contribution in [0, 0.1) is 0 Å². The second-order valence-electron chi connectivity index (χ2n) is 6.12. The van der Waals surface area contributed by atoms with Crippen LogP contribution < -0.4 is 11.1 Å². The first-order chi connectivity index (χ1) is 12.6. The van der Waals surface area contributed by atoms with Crippen LogP contribution in [0.15, 0.2) is 48.5 Å². The standard InChI is InChI=1S/C20H16Cl3N3/c21-11-1-5-19-15(9-11)13-3-6-18(14(7-8-24)20(13)26-19)25-12-2-4-16(22)17(23)10-12/h1-6,9-10,25-26H,7-8,24H2. The van der Waals surface area contributed by atoms with Crippen LogP contribution >= 0.6 is 34.8 Å². The summed E-state index contributed by atoms with van der Waals surface area (Å²) in [7, 11) is 0. The number of anilines is 2. The number of hydrogen-bond donors (Lipinski definition) is 3. The van der Waals surface area contributed by atoms with E-state index in [2.05, 4.69) is 22.4 Å². The number of hydrogen-bond acceptors (Lipinski definition) is 2. The number of rotatable bonds is 4. The molecule has 3 nitrogen and oxygen atoms in total. The highest BCUT2D eigenvalue weighted by Gasteiger charge is 2.13. The Labute approximate surface area is 166 Å². The van der Waals surface area contributed by atoms with Gasteiger partial charge in [-0.25, -0.2) is 0 Å². The molecule has 132 valence electrons. The highest BCUT2D eigenvalue weighted by molar-refractivity contribution is 6.42. The summed E-state index contributed by atoms with van der Waals surface area (Å²) in [5, 5.41) is 7.42. The third-order valence-electron chi connectivity index (χ3n) is 4.44. The summed E-state index contributed by atoms with van der Waals surface area (Å²) in [6.07, 6.45) is 0.738. The van der Waals surface area contributed by atoms with Gasteiger partial charge in [0.05, 0.1) is 15.6 Å². The third-order valence-corrected chi connectivity index (χ3v) is 5.41. The first-order valence-corrected chi connectivity index (χ1v) is 9.35. The lowest BCUT2D eigenvalue weighted by Crippen LogP contribution is -2.06. The van der Waals surface area contributed by atoms with Crippen LogP contribution in [0.5, 0.6) is 0 Å². The Morgan fingerprint density at radius 1 is 0.885 bits per heavy atom. The van der Waals surface area contributed by atoms with Gasteiger partial charge in [0.15, 0.2) is 0 Å². The van der Waals surface area contributed by atoms with Crippen molar-refractivity contribution in [1.82, 2.24) is 4.98 Å². The first kappa shape index (κ1) is 17.5. The second-order valence-corrected chi connectivity index (χ2v) is 7.37. The van der Waals surface area contributed by atoms with E-state index in [1.807, 2.05) is 30.3 Å². The summed E-state index contributed by atoms with van der Waals surface area (Å²) >= 11 is 18.3. The van der Waals surface area contributed by atoms with Gasteiger partial charge in [-0.3, -0.25) is 0 Å². The Morgan fingerprint density at radius 2 is 1.73 bits per heavy atom. The minimum Gasteiger partial charge on any atom is -0.355 e. The zero-order valence-corrected chi connectivity index (χ0v) is 16.0. The molecule has 0 aliphatic heterocycles. The number of aromatic nitrogens is 1. The first-order valence-electron chi connectivity index (χ1n) is 8.22. The van der Waals surface area contributed by atoms with Crippen LogP contribution in [0.3, 0.4) is 0 Å². The molecule has 0 aliphatic rings. The topological polar surface area (TPSA) is 53.8 Å². The number of H-pyrrole nitrogens is 1. The van der Waals surface area contributed by atoms with Crippen molar-refractivity contribution in [3.63, 3.8) is 0 Å². The van der Waals surface area contributed by atoms with Gasteiger partial charge in [-0.2, -0.15) is 0 Å². The fourth-order valence-corrected chi connectivity index (χ4v) is 3.72. The summed E-state index contributed by atoms with van der Waals surface area (Å²) in [5.41, 5.74) is 11.0. The molecule has 1 heterocycles. The van der Waals surface area contributed by atoms with Gasteiger partial charge in [-0.05, 0) is 55.4 Å². The lowest BCUT2D eigenvalue weighted by atomic mass is 10.0. The molecule has 0 aliphatic carbocycles. The molecule has 0 amide bonds. The van der Waals surface area contributed by atoms with Crippen molar-refractivity contribution in [3.8, 4) is 0 Å². The summed E-state index contributed by atoms with van der Waals surface area (Å²) in [5.74, 6) is 0. The van der Waals surface area contributed by atoms with Crippen LogP contribution in [0.1, 0.15) is 5.56 Å². The number of nitrogens with one attached hydrogen (secondary N) is 2. The number of benzene rings is 3. The van der Waals surface area contributed by atoms with Gasteiger partial charge in [0.25, 0.3) is 0 Å². The van der Waals surface area contributed by atoms with Crippen molar-refractivity contribution >= 4 is 68.0 Å². The maximum atomic E-state index is 6.17. The molecule has 4 aromatic rings. The molecule has 0 bridgehead atoms. The molecule has 1 aromatic heterocycles. The number of fused-ring (bicyclic) bond motifs is 3. The van der Waals surface area contributed by atoms with Crippen LogP contribution in [-0.4, -0.2) is 11.5 Å². The Bertz CT molecular complexity index is 1120. The van der Waals surface area contributed by atoms with Crippen molar-refractivity contribution in [2.45, 2.75) is 6.42 Å². The van der Waals surface area contributed by atoms with Gasteiger partial charge in [-0.15, -0.1) is 0 Å². The normalized spacial score (nSPS) is 11.4. The molecule has 3 aromatic carbocycles. The van der Waals surface area contributed by atoms with E-state index in [1.54, 1.807) is 6.07 Å². The van der Waals surface area contributed by atoms with E-state index in [1.165, 1.54) is 0 Å². The number of halogens is 3. The van der Waals surface area contributed by atoms with E-state index in [0.717, 1.165) is 50.2 Å². The van der Waals surface area contributed by atoms with Gasteiger partial charge in [0.1, 0.15) is 0 Å². The molecular formula is C20H16Cl3N3. The van der Waals surface area contributed by atoms with Gasteiger partial charge < -0.3 is 16.0 Å². The maximum absolute atomic E-state index is 6.17. The van der Waals surface area contributed by atoms with Gasteiger partial charge in [0.2, 0.25) is 0 Å². The average molecular weight is 405 g/mol. The molecule has 0 fully saturated rings. The molecule has 0 radical (unpaired) electrons. The van der Waals surface area contributed by atoms with Crippen molar-refractivity contribution in [1.29, 1.82) is 0 Å². The summed E-state index contributed by atoms with van der Waals surface area (Å²) < 4.78 is 0. The highest BCUT2D eigenvalue weighted by Crippen LogP contribution is 2.35. The molecule has 0 saturated carbocycles. The van der Waals surface area contributed by atoms with Crippen LogP contribution in [0.25, 0.3) is 21.8 Å². The Hall–Kier alpha value is -1.91. The van der Waals surface area contributed by atoms with Crippen molar-refractivity contribution in [3.05, 3.63) is 69.2 Å². The molecule has 26 heavy (non-hydrogen) atoms. The molecule has 6 heteroatoms. The van der Waals surface area contributed by atoms with E-state index >= 15 is 0 Å². The van der Waals surface area contributed by atoms with E-state index in [4.69, 9.17) is 40.5 Å². The molecule has 4 rings (SSSR count). The average Bonchev–Trinajstić information content (AvgIpc) is 2.98. The molecule has 0 atom stereocenters. The SMILES string of the molecule is NCCc1c(Nc2ccc(Cl)c(Cl)c2)ccc2c1[nH]c1ccc(Cl)cc12. The van der Waals surface area contributed by atoms with Crippen molar-refractivity contribution in [2.24, 2.45) is 5.73 Å². The minimum atomic E-state index is 0.512. The zero-order valence-electron chi connectivity index (χ0n) is 13.7. The lowest BCUT2D eigenvalue weighted by Gasteiger charge is -2.13. The predicted octanol–water partition coefficient (Wildman–Crippen LogP) is 6.53. The van der Waals surface area contributed by atoms with Crippen molar-refractivity contribution < 1.29 is 0 Å². The Morgan fingerprint density at radius 3 is 2.50 bits per heavy atom. The molecule has 0 unspecified atom stereocenters. The second kappa shape index (κ2) is 7.01. The summed E-state index contributed by atoms with van der Waals surface area (Å²) in [6.45, 7) is 0.547.